The Morgan fingerprint density at radius 3 is 1.33 bits per heavy atom. The molecular weight excluding hydrogens is 310 g/mol. The monoisotopic (exact) mass is 347 g/mol. The first-order valence-electron chi connectivity index (χ1n) is 5.73. The van der Waals surface area contributed by atoms with Crippen LogP contribution in [0.5, 0.6) is 0 Å². The van der Waals surface area contributed by atoms with E-state index < -0.39 is 31.3 Å². The van der Waals surface area contributed by atoms with Gasteiger partial charge in [0.15, 0.2) is 9.84 Å². The molecule has 0 saturated carbocycles. The summed E-state index contributed by atoms with van der Waals surface area (Å²) in [5, 5.41) is 0. The molecule has 134 valence electrons. The van der Waals surface area contributed by atoms with Crippen LogP contribution < -0.4 is 0 Å². The average molecular weight is 348 g/mol. The number of hydrogen-bond donors (Lipinski definition) is 0. The van der Waals surface area contributed by atoms with E-state index in [0.717, 1.165) is 10.6 Å². The van der Waals surface area contributed by atoms with Gasteiger partial charge in [0.2, 0.25) is 10.0 Å². The lowest BCUT2D eigenvalue weighted by Gasteiger charge is -2.33. The van der Waals surface area contributed by atoms with Crippen LogP contribution in [-0.4, -0.2) is 44.6 Å². The zero-order chi connectivity index (χ0) is 15.0. The van der Waals surface area contributed by atoms with E-state index in [1.807, 2.05) is 20.8 Å². The zero-order valence-electron chi connectivity index (χ0n) is 12.3. The van der Waals surface area contributed by atoms with Gasteiger partial charge in [-0.15, -0.1) is 0 Å². The number of rotatable bonds is 4. The highest BCUT2D eigenvalue weighted by molar-refractivity contribution is 7.93. The summed E-state index contributed by atoms with van der Waals surface area (Å²) in [4.78, 5) is 0. The van der Waals surface area contributed by atoms with Gasteiger partial charge in [-0.2, -0.15) is 4.31 Å². The maximum Gasteiger partial charge on any atom is 0.212 e. The summed E-state index contributed by atoms with van der Waals surface area (Å²) in [6, 6.07) is 0. The van der Waals surface area contributed by atoms with E-state index in [2.05, 4.69) is 0 Å². The Labute approximate surface area is 134 Å². The summed E-state index contributed by atoms with van der Waals surface area (Å²) >= 11 is 0. The first-order valence-corrected chi connectivity index (χ1v) is 9.40. The molecule has 0 aromatic carbocycles. The predicted molar refractivity (Wildman–Crippen MR) is 94.7 cm³/mol. The van der Waals surface area contributed by atoms with E-state index in [1.165, 1.54) is 0 Å². The lowest BCUT2D eigenvalue weighted by molar-refractivity contribution is 0.278. The van der Waals surface area contributed by atoms with Gasteiger partial charge in [0, 0.05) is 5.54 Å². The van der Waals surface area contributed by atoms with Crippen molar-refractivity contribution in [2.75, 3.05) is 17.9 Å². The summed E-state index contributed by atoms with van der Waals surface area (Å²) in [6.07, 6.45) is 1.03. The van der Waals surface area contributed by atoms with Crippen molar-refractivity contribution in [3.8, 4) is 0 Å². The fourth-order valence-corrected chi connectivity index (χ4v) is 6.07. The van der Waals surface area contributed by atoms with Gasteiger partial charge in [0.25, 0.3) is 0 Å². The van der Waals surface area contributed by atoms with Crippen molar-refractivity contribution in [2.45, 2.75) is 69.4 Å². The Morgan fingerprint density at radius 1 is 0.810 bits per heavy atom. The summed E-state index contributed by atoms with van der Waals surface area (Å²) in [5.41, 5.74) is -1.14. The van der Waals surface area contributed by atoms with Gasteiger partial charge in [-0.25, -0.2) is 16.8 Å². The van der Waals surface area contributed by atoms with Crippen LogP contribution in [0, 0.1) is 5.41 Å². The summed E-state index contributed by atoms with van der Waals surface area (Å²) in [5.74, 6) is -0.505. The van der Waals surface area contributed by atoms with Gasteiger partial charge < -0.3 is 0 Å². The molecule has 0 heterocycles. The third-order valence-electron chi connectivity index (χ3n) is 2.12. The molecule has 0 saturated heterocycles. The van der Waals surface area contributed by atoms with Crippen LogP contribution in [-0.2, 0) is 19.9 Å². The molecule has 0 atom stereocenters. The average Bonchev–Trinajstić information content (AvgIpc) is 1.90. The standard InChI is InChI=1S/C11H25NO4S2.3CH4/c1-10(2,3)8-18(15,16)9-12(11(4,5)6)17(7,13)14;;;/h8-9H2,1-7H3;3*1H4. The molecule has 0 unspecified atom stereocenters. The number of nitrogens with zero attached hydrogens (tertiary/aromatic N) is 1. The maximum absolute atomic E-state index is 12.0. The van der Waals surface area contributed by atoms with Gasteiger partial charge in [0.05, 0.1) is 12.0 Å². The van der Waals surface area contributed by atoms with Crippen LogP contribution in [0.15, 0.2) is 0 Å². The molecule has 7 heteroatoms. The second-order valence-corrected chi connectivity index (χ2v) is 10.8. The van der Waals surface area contributed by atoms with Crippen molar-refractivity contribution in [3.05, 3.63) is 0 Å². The fraction of sp³-hybridized carbons (Fsp3) is 1.00. The summed E-state index contributed by atoms with van der Waals surface area (Å²) in [7, 11) is -7.02. The second kappa shape index (κ2) is 8.48. The van der Waals surface area contributed by atoms with E-state index in [9.17, 15) is 16.8 Å². The Morgan fingerprint density at radius 2 is 1.14 bits per heavy atom. The predicted octanol–water partition coefficient (Wildman–Crippen LogP) is 3.37. The smallest absolute Gasteiger partial charge is 0.212 e. The molecule has 0 aliphatic carbocycles. The number of sulfone groups is 1. The molecule has 0 aromatic heterocycles. The topological polar surface area (TPSA) is 71.5 Å². The van der Waals surface area contributed by atoms with Crippen molar-refractivity contribution in [3.63, 3.8) is 0 Å². The molecule has 0 aliphatic heterocycles. The molecule has 0 bridgehead atoms. The largest absolute Gasteiger partial charge is 0.227 e. The number of hydrogen-bond acceptors (Lipinski definition) is 4. The SMILES string of the molecule is C.C.C.CC(C)(C)CS(=O)(=O)CN(C(C)(C)C)S(C)(=O)=O. The van der Waals surface area contributed by atoms with E-state index in [1.54, 1.807) is 20.8 Å². The van der Waals surface area contributed by atoms with Crippen LogP contribution in [0.2, 0.25) is 0 Å². The molecule has 21 heavy (non-hydrogen) atoms. The molecule has 0 fully saturated rings. The van der Waals surface area contributed by atoms with Crippen molar-refractivity contribution >= 4 is 19.9 Å². The molecule has 0 N–H and O–H groups in total. The summed E-state index contributed by atoms with van der Waals surface area (Å²) < 4.78 is 48.5. The highest BCUT2D eigenvalue weighted by atomic mass is 32.2. The van der Waals surface area contributed by atoms with E-state index in [-0.39, 0.29) is 33.4 Å². The lowest BCUT2D eigenvalue weighted by atomic mass is 10.0. The third-order valence-corrected chi connectivity index (χ3v) is 5.71. The van der Waals surface area contributed by atoms with E-state index >= 15 is 0 Å². The fourth-order valence-electron chi connectivity index (χ4n) is 1.67. The van der Waals surface area contributed by atoms with Crippen LogP contribution in [0.25, 0.3) is 0 Å². The van der Waals surface area contributed by atoms with Crippen LogP contribution in [0.3, 0.4) is 0 Å². The van der Waals surface area contributed by atoms with Gasteiger partial charge in [0.1, 0.15) is 5.88 Å². The molecule has 0 amide bonds. The highest BCUT2D eigenvalue weighted by Crippen LogP contribution is 2.22. The number of sulfonamides is 1. The Bertz CT molecular complexity index is 480. The summed E-state index contributed by atoms with van der Waals surface area (Å²) in [6.45, 7) is 10.5. The van der Waals surface area contributed by atoms with Crippen molar-refractivity contribution in [1.29, 1.82) is 0 Å². The van der Waals surface area contributed by atoms with Crippen molar-refractivity contribution < 1.29 is 16.8 Å². The van der Waals surface area contributed by atoms with Crippen LogP contribution >= 0.6 is 0 Å². The molecule has 0 spiro atoms. The minimum atomic E-state index is -3.56. The molecular formula is C14H37NO4S2. The first kappa shape index (κ1) is 28.9. The highest BCUT2D eigenvalue weighted by Gasteiger charge is 2.35. The van der Waals surface area contributed by atoms with Crippen LogP contribution in [0.1, 0.15) is 63.8 Å². The third kappa shape index (κ3) is 12.1. The molecule has 0 aliphatic rings. The van der Waals surface area contributed by atoms with Gasteiger partial charge in [-0.1, -0.05) is 43.1 Å². The normalized spacial score (nSPS) is 13.0. The molecule has 5 nitrogen and oxygen atoms in total. The van der Waals surface area contributed by atoms with Gasteiger partial charge in [-0.3, -0.25) is 0 Å². The Kier molecular flexibility index (Phi) is 11.7. The Balaban J connectivity index is -0.000000482. The van der Waals surface area contributed by atoms with E-state index in [4.69, 9.17) is 0 Å². The quantitative estimate of drug-likeness (QED) is 0.781. The van der Waals surface area contributed by atoms with Gasteiger partial charge >= 0.3 is 0 Å². The first-order chi connectivity index (χ1) is 7.55. The van der Waals surface area contributed by atoms with Crippen molar-refractivity contribution in [1.82, 2.24) is 4.31 Å². The lowest BCUT2D eigenvalue weighted by Crippen LogP contribution is -2.48. The molecule has 0 radical (unpaired) electrons. The van der Waals surface area contributed by atoms with Crippen LogP contribution in [0.4, 0.5) is 0 Å². The zero-order valence-corrected chi connectivity index (χ0v) is 13.9. The minimum Gasteiger partial charge on any atom is -0.227 e. The minimum absolute atomic E-state index is 0. The Hall–Kier alpha value is -0.140. The van der Waals surface area contributed by atoms with Gasteiger partial charge in [-0.05, 0) is 26.2 Å². The van der Waals surface area contributed by atoms with Crippen molar-refractivity contribution in [2.24, 2.45) is 5.41 Å². The molecule has 0 rings (SSSR count). The second-order valence-electron chi connectivity index (χ2n) is 6.86. The molecule has 0 aromatic rings. The van der Waals surface area contributed by atoms with E-state index in [0.29, 0.717) is 0 Å². The maximum atomic E-state index is 12.0.